The van der Waals surface area contributed by atoms with Crippen molar-refractivity contribution in [2.75, 3.05) is 11.9 Å². The summed E-state index contributed by atoms with van der Waals surface area (Å²) in [6.07, 6.45) is 3.45. The van der Waals surface area contributed by atoms with E-state index in [9.17, 15) is 4.79 Å². The normalized spacial score (nSPS) is 16.9. The quantitative estimate of drug-likeness (QED) is 0.760. The summed E-state index contributed by atoms with van der Waals surface area (Å²) in [6, 6.07) is 5.34. The number of nitrogens with zero attached hydrogens (tertiary/aromatic N) is 6. The van der Waals surface area contributed by atoms with Crippen LogP contribution in [0.2, 0.25) is 0 Å². The maximum Gasteiger partial charge on any atom is 0.257 e. The lowest BCUT2D eigenvalue weighted by Crippen LogP contribution is -2.12. The average molecular weight is 357 g/mol. The summed E-state index contributed by atoms with van der Waals surface area (Å²) < 4.78 is 7.11. The number of carbonyl (C=O) groups excluding carboxylic acids is 1. The first-order valence-corrected chi connectivity index (χ1v) is 8.63. The number of hydrogen-bond acceptors (Lipinski definition) is 8. The van der Waals surface area contributed by atoms with E-state index in [1.54, 1.807) is 12.1 Å². The second-order valence-corrected chi connectivity index (χ2v) is 6.67. The van der Waals surface area contributed by atoms with Crippen molar-refractivity contribution in [2.24, 2.45) is 0 Å². The molecule has 3 heterocycles. The number of anilines is 1. The fourth-order valence-corrected chi connectivity index (χ4v) is 3.45. The highest BCUT2D eigenvalue weighted by atomic mass is 32.1. The van der Waals surface area contributed by atoms with E-state index in [0.29, 0.717) is 10.7 Å². The first-order chi connectivity index (χ1) is 12.2. The van der Waals surface area contributed by atoms with Crippen molar-refractivity contribution in [1.29, 1.82) is 0 Å². The van der Waals surface area contributed by atoms with Gasteiger partial charge in [-0.2, -0.15) is 0 Å². The lowest BCUT2D eigenvalue weighted by atomic mass is 10.1. The van der Waals surface area contributed by atoms with Crippen molar-refractivity contribution in [3.05, 3.63) is 40.7 Å². The molecule has 2 aromatic heterocycles. The zero-order valence-corrected chi connectivity index (χ0v) is 14.2. The van der Waals surface area contributed by atoms with E-state index in [2.05, 4.69) is 31.0 Å². The third-order valence-electron chi connectivity index (χ3n) is 3.93. The molecule has 1 amide bonds. The largest absolute Gasteiger partial charge is 0.371 e. The molecule has 0 radical (unpaired) electrons. The monoisotopic (exact) mass is 357 g/mol. The number of benzene rings is 1. The number of rotatable bonds is 4. The molecule has 1 fully saturated rings. The number of carbonyl (C=O) groups is 1. The van der Waals surface area contributed by atoms with Crippen LogP contribution in [0, 0.1) is 6.92 Å². The Labute approximate surface area is 147 Å². The van der Waals surface area contributed by atoms with E-state index in [0.717, 1.165) is 35.7 Å². The van der Waals surface area contributed by atoms with Crippen LogP contribution in [0.15, 0.2) is 24.5 Å². The first kappa shape index (κ1) is 15.8. The van der Waals surface area contributed by atoms with Crippen molar-refractivity contribution >= 4 is 22.4 Å². The fraction of sp³-hybridized carbons (Fsp3) is 0.333. The van der Waals surface area contributed by atoms with E-state index in [-0.39, 0.29) is 12.0 Å². The summed E-state index contributed by atoms with van der Waals surface area (Å²) in [4.78, 5) is 12.5. The molecular weight excluding hydrogens is 342 g/mol. The Morgan fingerprint density at radius 1 is 1.40 bits per heavy atom. The minimum Gasteiger partial charge on any atom is -0.371 e. The Morgan fingerprint density at radius 3 is 3.08 bits per heavy atom. The molecule has 128 valence electrons. The van der Waals surface area contributed by atoms with Crippen LogP contribution in [0.1, 0.15) is 39.9 Å². The van der Waals surface area contributed by atoms with E-state index in [4.69, 9.17) is 4.74 Å². The minimum absolute atomic E-state index is 0.00561. The molecule has 0 spiro atoms. The lowest BCUT2D eigenvalue weighted by Gasteiger charge is -2.07. The number of nitrogens with one attached hydrogen (secondary N) is 1. The second kappa shape index (κ2) is 6.65. The van der Waals surface area contributed by atoms with E-state index < -0.39 is 0 Å². The maximum atomic E-state index is 12.5. The van der Waals surface area contributed by atoms with Gasteiger partial charge in [0.25, 0.3) is 5.91 Å². The number of aryl methyl sites for hydroxylation is 1. The molecule has 25 heavy (non-hydrogen) atoms. The van der Waals surface area contributed by atoms with Gasteiger partial charge in [-0.25, -0.2) is 4.68 Å². The Balaban J connectivity index is 1.52. The molecule has 1 aliphatic heterocycles. The maximum absolute atomic E-state index is 12.5. The second-order valence-electron chi connectivity index (χ2n) is 5.66. The number of amides is 1. The predicted molar refractivity (Wildman–Crippen MR) is 89.7 cm³/mol. The van der Waals surface area contributed by atoms with Crippen LogP contribution in [0.5, 0.6) is 0 Å². The zero-order chi connectivity index (χ0) is 17.2. The molecule has 3 aromatic rings. The van der Waals surface area contributed by atoms with Crippen LogP contribution in [0.25, 0.3) is 5.69 Å². The van der Waals surface area contributed by atoms with Crippen molar-refractivity contribution in [1.82, 2.24) is 30.4 Å². The van der Waals surface area contributed by atoms with E-state index in [1.807, 2.05) is 13.0 Å². The summed E-state index contributed by atoms with van der Waals surface area (Å²) in [5, 5.41) is 23.3. The van der Waals surface area contributed by atoms with Gasteiger partial charge in [0.2, 0.25) is 5.13 Å². The van der Waals surface area contributed by atoms with Crippen LogP contribution in [0.4, 0.5) is 5.13 Å². The van der Waals surface area contributed by atoms with E-state index in [1.165, 1.54) is 22.3 Å². The van der Waals surface area contributed by atoms with Crippen molar-refractivity contribution in [3.63, 3.8) is 0 Å². The molecule has 1 atom stereocenters. The standard InChI is InChI=1S/C15H15N7O2S/c1-9-4-5-10(7-11(9)22-8-16-20-21-22)13(23)17-15-19-18-14(25-15)12-3-2-6-24-12/h4-5,7-8,12H,2-3,6H2,1H3,(H,17,19,23)/t12-/m1/s1. The predicted octanol–water partition coefficient (Wildman–Crippen LogP) is 1.93. The van der Waals surface area contributed by atoms with Crippen LogP contribution >= 0.6 is 11.3 Å². The molecule has 0 unspecified atom stereocenters. The number of tetrazole rings is 1. The molecule has 9 nitrogen and oxygen atoms in total. The molecule has 1 aliphatic rings. The molecule has 1 N–H and O–H groups in total. The smallest absolute Gasteiger partial charge is 0.257 e. The molecule has 0 bridgehead atoms. The molecule has 4 rings (SSSR count). The molecule has 10 heteroatoms. The van der Waals surface area contributed by atoms with Crippen molar-refractivity contribution in [2.45, 2.75) is 25.9 Å². The Kier molecular flexibility index (Phi) is 4.20. The van der Waals surface area contributed by atoms with Gasteiger partial charge in [-0.05, 0) is 47.9 Å². The number of aromatic nitrogens is 6. The molecular formula is C15H15N7O2S. The summed E-state index contributed by atoms with van der Waals surface area (Å²) in [5.74, 6) is -0.260. The van der Waals surface area contributed by atoms with Gasteiger partial charge < -0.3 is 4.74 Å². The number of hydrogen-bond donors (Lipinski definition) is 1. The summed E-state index contributed by atoms with van der Waals surface area (Å²) >= 11 is 1.34. The number of ether oxygens (including phenoxy) is 1. The van der Waals surface area contributed by atoms with Gasteiger partial charge in [-0.1, -0.05) is 17.4 Å². The van der Waals surface area contributed by atoms with Crippen LogP contribution in [-0.2, 0) is 4.74 Å². The highest BCUT2D eigenvalue weighted by Crippen LogP contribution is 2.32. The van der Waals surface area contributed by atoms with Gasteiger partial charge in [0.15, 0.2) is 0 Å². The Bertz CT molecular complexity index is 887. The fourth-order valence-electron chi connectivity index (χ4n) is 2.63. The highest BCUT2D eigenvalue weighted by Gasteiger charge is 2.22. The van der Waals surface area contributed by atoms with Crippen LogP contribution < -0.4 is 5.32 Å². The topological polar surface area (TPSA) is 108 Å². The van der Waals surface area contributed by atoms with Gasteiger partial charge in [0.05, 0.1) is 5.69 Å². The third-order valence-corrected chi connectivity index (χ3v) is 4.86. The van der Waals surface area contributed by atoms with Gasteiger partial charge in [0, 0.05) is 12.2 Å². The van der Waals surface area contributed by atoms with Gasteiger partial charge in [0.1, 0.15) is 17.4 Å². The third kappa shape index (κ3) is 3.26. The first-order valence-electron chi connectivity index (χ1n) is 7.81. The zero-order valence-electron chi connectivity index (χ0n) is 13.4. The summed E-state index contributed by atoms with van der Waals surface area (Å²) in [6.45, 7) is 2.67. The van der Waals surface area contributed by atoms with Gasteiger partial charge in [-0.3, -0.25) is 10.1 Å². The van der Waals surface area contributed by atoms with Gasteiger partial charge in [-0.15, -0.1) is 15.3 Å². The molecule has 0 saturated carbocycles. The van der Waals surface area contributed by atoms with Gasteiger partial charge >= 0.3 is 0 Å². The Hall–Kier alpha value is -2.72. The highest BCUT2D eigenvalue weighted by molar-refractivity contribution is 7.15. The lowest BCUT2D eigenvalue weighted by molar-refractivity contribution is 0.102. The van der Waals surface area contributed by atoms with Crippen LogP contribution in [-0.4, -0.2) is 42.9 Å². The van der Waals surface area contributed by atoms with Crippen LogP contribution in [0.3, 0.4) is 0 Å². The SMILES string of the molecule is Cc1ccc(C(=O)Nc2nnc([C@H]3CCCO3)s2)cc1-n1cnnn1. The average Bonchev–Trinajstić information content (AvgIpc) is 3.37. The van der Waals surface area contributed by atoms with Crippen molar-refractivity contribution < 1.29 is 9.53 Å². The molecule has 0 aliphatic carbocycles. The van der Waals surface area contributed by atoms with Crippen molar-refractivity contribution in [3.8, 4) is 5.69 Å². The molecule has 1 saturated heterocycles. The Morgan fingerprint density at radius 2 is 2.32 bits per heavy atom. The summed E-state index contributed by atoms with van der Waals surface area (Å²) in [7, 11) is 0. The molecule has 1 aromatic carbocycles. The summed E-state index contributed by atoms with van der Waals surface area (Å²) in [5.41, 5.74) is 2.19. The minimum atomic E-state index is -0.260. The van der Waals surface area contributed by atoms with E-state index >= 15 is 0 Å².